The number of unbranched alkanes of at least 4 members (excludes halogenated alkanes) is 1. The normalized spacial score (nSPS) is 18.4. The van der Waals surface area contributed by atoms with E-state index >= 15 is 0 Å². The summed E-state index contributed by atoms with van der Waals surface area (Å²) in [5, 5.41) is 3.89. The summed E-state index contributed by atoms with van der Waals surface area (Å²) >= 11 is 0. The van der Waals surface area contributed by atoms with Crippen molar-refractivity contribution in [2.24, 2.45) is 5.92 Å². The van der Waals surface area contributed by atoms with E-state index in [4.69, 9.17) is 4.52 Å². The van der Waals surface area contributed by atoms with Gasteiger partial charge in [0.05, 0.1) is 6.20 Å². The zero-order valence-electron chi connectivity index (χ0n) is 18.9. The maximum absolute atomic E-state index is 5.42. The number of aromatic nitrogens is 1. The van der Waals surface area contributed by atoms with Crippen molar-refractivity contribution < 1.29 is 4.52 Å². The SMILES string of the molecule is CCCCc1cc2c(cc1/C(=C/c1ccno1)C(C)C)C(C)(C)CCC2(C)C. The molecule has 1 aliphatic carbocycles. The molecule has 0 bridgehead atoms. The maximum Gasteiger partial charge on any atom is 0.159 e. The highest BCUT2D eigenvalue weighted by molar-refractivity contribution is 5.83. The number of allylic oxidation sites excluding steroid dienone is 1. The van der Waals surface area contributed by atoms with Gasteiger partial charge >= 0.3 is 0 Å². The third-order valence-corrected chi connectivity index (χ3v) is 6.56. The minimum atomic E-state index is 0.219. The van der Waals surface area contributed by atoms with Gasteiger partial charge in [0.1, 0.15) is 0 Å². The molecular weight excluding hydrogens is 342 g/mol. The Morgan fingerprint density at radius 2 is 1.75 bits per heavy atom. The molecular formula is C26H37NO. The third-order valence-electron chi connectivity index (χ3n) is 6.56. The van der Waals surface area contributed by atoms with Crippen molar-refractivity contribution in [2.45, 2.75) is 91.4 Å². The van der Waals surface area contributed by atoms with E-state index in [1.165, 1.54) is 47.9 Å². The summed E-state index contributed by atoms with van der Waals surface area (Å²) < 4.78 is 5.42. The van der Waals surface area contributed by atoms with Gasteiger partial charge in [-0.25, -0.2) is 0 Å². The number of rotatable bonds is 6. The Morgan fingerprint density at radius 1 is 1.11 bits per heavy atom. The molecule has 0 fully saturated rings. The molecule has 2 aromatic rings. The van der Waals surface area contributed by atoms with Gasteiger partial charge in [0.15, 0.2) is 5.76 Å². The largest absolute Gasteiger partial charge is 0.357 e. The fraction of sp³-hybridized carbons (Fsp3) is 0.577. The zero-order chi connectivity index (χ0) is 20.5. The summed E-state index contributed by atoms with van der Waals surface area (Å²) in [6, 6.07) is 7.00. The number of hydrogen-bond acceptors (Lipinski definition) is 2. The van der Waals surface area contributed by atoms with Gasteiger partial charge in [0, 0.05) is 6.07 Å². The first kappa shape index (κ1) is 20.9. The smallest absolute Gasteiger partial charge is 0.159 e. The van der Waals surface area contributed by atoms with Crippen LogP contribution < -0.4 is 0 Å². The third kappa shape index (κ3) is 4.11. The van der Waals surface area contributed by atoms with Crippen LogP contribution >= 0.6 is 0 Å². The van der Waals surface area contributed by atoms with Gasteiger partial charge in [-0.1, -0.05) is 72.2 Å². The fourth-order valence-corrected chi connectivity index (χ4v) is 4.51. The average Bonchev–Trinajstić information content (AvgIpc) is 3.14. The number of aryl methyl sites for hydroxylation is 1. The van der Waals surface area contributed by atoms with Crippen molar-refractivity contribution in [3.05, 3.63) is 52.4 Å². The van der Waals surface area contributed by atoms with Crippen LogP contribution in [0.2, 0.25) is 0 Å². The van der Waals surface area contributed by atoms with Gasteiger partial charge in [0.25, 0.3) is 0 Å². The highest BCUT2D eigenvalue weighted by Crippen LogP contribution is 2.48. The van der Waals surface area contributed by atoms with E-state index in [0.717, 1.165) is 12.2 Å². The van der Waals surface area contributed by atoms with E-state index in [0.29, 0.717) is 5.92 Å². The van der Waals surface area contributed by atoms with E-state index in [9.17, 15) is 0 Å². The number of hydrogen-bond donors (Lipinski definition) is 0. The lowest BCUT2D eigenvalue weighted by Crippen LogP contribution is -2.34. The first-order valence-corrected chi connectivity index (χ1v) is 11.0. The molecule has 0 N–H and O–H groups in total. The van der Waals surface area contributed by atoms with Crippen LogP contribution in [-0.4, -0.2) is 5.16 Å². The molecule has 0 saturated heterocycles. The van der Waals surface area contributed by atoms with Gasteiger partial charge in [-0.15, -0.1) is 0 Å². The molecule has 0 saturated carbocycles. The zero-order valence-corrected chi connectivity index (χ0v) is 18.9. The topological polar surface area (TPSA) is 26.0 Å². The second kappa shape index (κ2) is 7.89. The molecule has 1 heterocycles. The molecule has 0 amide bonds. The van der Waals surface area contributed by atoms with Crippen molar-refractivity contribution in [1.82, 2.24) is 5.16 Å². The summed E-state index contributed by atoms with van der Waals surface area (Å²) in [6.07, 6.45) is 9.98. The maximum atomic E-state index is 5.42. The number of fused-ring (bicyclic) bond motifs is 1. The van der Waals surface area contributed by atoms with Crippen LogP contribution in [0.3, 0.4) is 0 Å². The van der Waals surface area contributed by atoms with E-state index in [1.807, 2.05) is 6.07 Å². The summed E-state index contributed by atoms with van der Waals surface area (Å²) in [5.41, 5.74) is 7.80. The van der Waals surface area contributed by atoms with Crippen LogP contribution in [0, 0.1) is 5.92 Å². The predicted octanol–water partition coefficient (Wildman–Crippen LogP) is 7.56. The monoisotopic (exact) mass is 379 g/mol. The summed E-state index contributed by atoms with van der Waals surface area (Å²) in [5.74, 6) is 1.26. The Morgan fingerprint density at radius 3 is 2.29 bits per heavy atom. The van der Waals surface area contributed by atoms with Gasteiger partial charge in [-0.05, 0) is 76.3 Å². The van der Waals surface area contributed by atoms with E-state index in [1.54, 1.807) is 11.8 Å². The van der Waals surface area contributed by atoms with Gasteiger partial charge in [-0.3, -0.25) is 0 Å². The molecule has 0 radical (unpaired) electrons. The van der Waals surface area contributed by atoms with Gasteiger partial charge in [0.2, 0.25) is 0 Å². The van der Waals surface area contributed by atoms with Crippen LogP contribution in [0.5, 0.6) is 0 Å². The quantitative estimate of drug-likeness (QED) is 0.517. The van der Waals surface area contributed by atoms with Gasteiger partial charge in [-0.2, -0.15) is 0 Å². The highest BCUT2D eigenvalue weighted by Gasteiger charge is 2.37. The summed E-state index contributed by atoms with van der Waals surface area (Å²) in [7, 11) is 0. The van der Waals surface area contributed by atoms with Crippen molar-refractivity contribution >= 4 is 11.6 Å². The molecule has 1 aromatic heterocycles. The van der Waals surface area contributed by atoms with E-state index in [2.05, 4.69) is 71.8 Å². The molecule has 0 unspecified atom stereocenters. The van der Waals surface area contributed by atoms with Crippen LogP contribution in [0.15, 0.2) is 28.9 Å². The average molecular weight is 380 g/mol. The second-order valence-corrected chi connectivity index (χ2v) is 10.1. The van der Waals surface area contributed by atoms with Crippen LogP contribution in [0.25, 0.3) is 11.6 Å². The Labute approximate surface area is 171 Å². The molecule has 2 nitrogen and oxygen atoms in total. The van der Waals surface area contributed by atoms with Gasteiger partial charge < -0.3 is 4.52 Å². The second-order valence-electron chi connectivity index (χ2n) is 10.1. The predicted molar refractivity (Wildman–Crippen MR) is 120 cm³/mol. The molecule has 152 valence electrons. The standard InChI is InChI=1S/C26H37NO/c1-8-9-10-19-15-23-24(26(6,7)13-12-25(23,4)5)17-22(19)21(18(2)3)16-20-11-14-27-28-20/h11,14-18H,8-10,12-13H2,1-7H3/b21-16+. The fourth-order valence-electron chi connectivity index (χ4n) is 4.51. The first-order valence-electron chi connectivity index (χ1n) is 11.0. The molecule has 0 aliphatic heterocycles. The molecule has 1 aliphatic rings. The number of benzene rings is 1. The van der Waals surface area contributed by atoms with E-state index < -0.39 is 0 Å². The lowest BCUT2D eigenvalue weighted by Gasteiger charge is -2.42. The van der Waals surface area contributed by atoms with Crippen LogP contribution in [-0.2, 0) is 17.3 Å². The Kier molecular flexibility index (Phi) is 5.89. The molecule has 28 heavy (non-hydrogen) atoms. The Balaban J connectivity index is 2.24. The summed E-state index contributed by atoms with van der Waals surface area (Å²) in [6.45, 7) is 16.5. The molecule has 2 heteroatoms. The summed E-state index contributed by atoms with van der Waals surface area (Å²) in [4.78, 5) is 0. The number of nitrogens with zero attached hydrogens (tertiary/aromatic N) is 1. The van der Waals surface area contributed by atoms with Crippen molar-refractivity contribution in [3.8, 4) is 0 Å². The molecule has 0 spiro atoms. The Hall–Kier alpha value is -1.83. The Bertz CT molecular complexity index is 838. The van der Waals surface area contributed by atoms with E-state index in [-0.39, 0.29) is 10.8 Å². The van der Waals surface area contributed by atoms with Crippen LogP contribution in [0.4, 0.5) is 0 Å². The minimum absolute atomic E-state index is 0.219. The molecule has 3 rings (SSSR count). The molecule has 0 atom stereocenters. The van der Waals surface area contributed by atoms with Crippen molar-refractivity contribution in [3.63, 3.8) is 0 Å². The van der Waals surface area contributed by atoms with Crippen LogP contribution in [0.1, 0.15) is 102 Å². The lowest BCUT2D eigenvalue weighted by molar-refractivity contribution is 0.331. The van der Waals surface area contributed by atoms with Crippen molar-refractivity contribution in [2.75, 3.05) is 0 Å². The first-order chi connectivity index (χ1) is 13.2. The lowest BCUT2D eigenvalue weighted by atomic mass is 9.62. The van der Waals surface area contributed by atoms with Crippen molar-refractivity contribution in [1.29, 1.82) is 0 Å². The minimum Gasteiger partial charge on any atom is -0.357 e. The molecule has 1 aromatic carbocycles. The highest BCUT2D eigenvalue weighted by atomic mass is 16.5.